The fourth-order valence-corrected chi connectivity index (χ4v) is 3.18. The van der Waals surface area contributed by atoms with Crippen molar-refractivity contribution in [1.29, 1.82) is 0 Å². The second-order valence-electron chi connectivity index (χ2n) is 9.59. The summed E-state index contributed by atoms with van der Waals surface area (Å²) in [7, 11) is 0. The number of ether oxygens (including phenoxy) is 2. The second kappa shape index (κ2) is 9.46. The number of likely N-dealkylation sites (tertiary alicyclic amines) is 1. The number of amides is 2. The van der Waals surface area contributed by atoms with Crippen LogP contribution in [0.25, 0.3) is 0 Å². The minimum atomic E-state index is -0.546. The highest BCUT2D eigenvalue weighted by molar-refractivity contribution is 5.83. The number of aryl methyl sites for hydroxylation is 1. The van der Waals surface area contributed by atoms with Crippen molar-refractivity contribution in [2.45, 2.75) is 78.4 Å². The molecule has 1 saturated heterocycles. The van der Waals surface area contributed by atoms with E-state index in [1.54, 1.807) is 11.0 Å². The summed E-state index contributed by atoms with van der Waals surface area (Å²) in [4.78, 5) is 30.4. The lowest BCUT2D eigenvalue weighted by molar-refractivity contribution is 0.0181. The number of nitrogens with zero attached hydrogens (tertiary/aromatic N) is 2. The Bertz CT molecular complexity index is 699. The summed E-state index contributed by atoms with van der Waals surface area (Å²) in [6.07, 6.45) is 3.05. The van der Waals surface area contributed by atoms with Crippen molar-refractivity contribution in [2.75, 3.05) is 18.4 Å². The maximum absolute atomic E-state index is 12.2. The zero-order chi connectivity index (χ0) is 21.7. The van der Waals surface area contributed by atoms with Gasteiger partial charge >= 0.3 is 12.2 Å². The summed E-state index contributed by atoms with van der Waals surface area (Å²) in [5, 5.41) is 2.68. The van der Waals surface area contributed by atoms with Gasteiger partial charge in [-0.3, -0.25) is 5.32 Å². The quantitative estimate of drug-likeness (QED) is 0.762. The molecule has 1 aromatic heterocycles. The molecule has 2 amide bonds. The van der Waals surface area contributed by atoms with Gasteiger partial charge < -0.3 is 14.4 Å². The van der Waals surface area contributed by atoms with Gasteiger partial charge in [0, 0.05) is 18.8 Å². The number of rotatable bonds is 4. The minimum absolute atomic E-state index is 0.224. The van der Waals surface area contributed by atoms with E-state index in [1.807, 2.05) is 53.7 Å². The first-order valence-electron chi connectivity index (χ1n) is 10.4. The topological polar surface area (TPSA) is 80.8 Å². The predicted molar refractivity (Wildman–Crippen MR) is 113 cm³/mol. The molecular formula is C22H35N3O4. The normalized spacial score (nSPS) is 15.7. The molecular weight excluding hydrogens is 370 g/mol. The molecule has 0 aromatic carbocycles. The molecule has 1 aliphatic rings. The maximum atomic E-state index is 12.2. The molecule has 0 bridgehead atoms. The molecule has 29 heavy (non-hydrogen) atoms. The van der Waals surface area contributed by atoms with Gasteiger partial charge in [0.25, 0.3) is 0 Å². The van der Waals surface area contributed by atoms with Crippen LogP contribution < -0.4 is 5.32 Å². The van der Waals surface area contributed by atoms with Gasteiger partial charge in [0.05, 0.1) is 0 Å². The van der Waals surface area contributed by atoms with Crippen LogP contribution in [0.5, 0.6) is 0 Å². The summed E-state index contributed by atoms with van der Waals surface area (Å²) >= 11 is 0. The number of hydrogen-bond acceptors (Lipinski definition) is 5. The third-order valence-corrected chi connectivity index (χ3v) is 4.51. The Balaban J connectivity index is 1.78. The Kier molecular flexibility index (Phi) is 7.49. The van der Waals surface area contributed by atoms with E-state index in [4.69, 9.17) is 9.47 Å². The van der Waals surface area contributed by atoms with Crippen LogP contribution in [-0.4, -0.2) is 46.4 Å². The van der Waals surface area contributed by atoms with E-state index in [1.165, 1.54) is 0 Å². The lowest BCUT2D eigenvalue weighted by Gasteiger charge is -2.33. The van der Waals surface area contributed by atoms with Crippen molar-refractivity contribution in [3.05, 3.63) is 23.9 Å². The highest BCUT2D eigenvalue weighted by Gasteiger charge is 2.26. The van der Waals surface area contributed by atoms with E-state index >= 15 is 0 Å². The van der Waals surface area contributed by atoms with E-state index in [0.717, 1.165) is 44.5 Å². The van der Waals surface area contributed by atoms with Crippen molar-refractivity contribution in [3.63, 3.8) is 0 Å². The fraction of sp³-hybridized carbons (Fsp3) is 0.682. The number of carbonyl (C=O) groups excluding carboxylic acids is 2. The van der Waals surface area contributed by atoms with Crippen LogP contribution in [0.1, 0.15) is 66.5 Å². The number of piperidine rings is 1. The van der Waals surface area contributed by atoms with Crippen LogP contribution >= 0.6 is 0 Å². The van der Waals surface area contributed by atoms with Crippen LogP contribution in [0.3, 0.4) is 0 Å². The molecule has 2 heterocycles. The molecule has 7 nitrogen and oxygen atoms in total. The van der Waals surface area contributed by atoms with Crippen LogP contribution in [0.15, 0.2) is 18.2 Å². The summed E-state index contributed by atoms with van der Waals surface area (Å²) in [5.41, 5.74) is -0.0680. The Labute approximate surface area is 174 Å². The van der Waals surface area contributed by atoms with Crippen LogP contribution in [-0.2, 0) is 15.9 Å². The van der Waals surface area contributed by atoms with Gasteiger partial charge in [0.1, 0.15) is 17.0 Å². The van der Waals surface area contributed by atoms with Gasteiger partial charge in [0.2, 0.25) is 0 Å². The molecule has 1 N–H and O–H groups in total. The van der Waals surface area contributed by atoms with Gasteiger partial charge in [-0.05, 0) is 85.3 Å². The molecule has 0 spiro atoms. The standard InChI is InChI=1S/C22H35N3O4/c1-21(2,3)28-19(26)24-18-9-7-8-17(23-18)11-10-16-12-14-25(15-13-16)20(27)29-22(4,5)6/h7-9,16H,10-15H2,1-6H3,(H,23,24,26). The Hall–Kier alpha value is -2.31. The van der Waals surface area contributed by atoms with Crippen molar-refractivity contribution in [2.24, 2.45) is 5.92 Å². The highest BCUT2D eigenvalue weighted by atomic mass is 16.6. The number of anilines is 1. The summed E-state index contributed by atoms with van der Waals surface area (Å²) in [5.74, 6) is 1.05. The second-order valence-corrected chi connectivity index (χ2v) is 9.59. The van der Waals surface area contributed by atoms with Crippen LogP contribution in [0, 0.1) is 5.92 Å². The zero-order valence-electron chi connectivity index (χ0n) is 18.6. The monoisotopic (exact) mass is 405 g/mol. The molecule has 7 heteroatoms. The molecule has 0 radical (unpaired) electrons. The Morgan fingerprint density at radius 3 is 2.28 bits per heavy atom. The summed E-state index contributed by atoms with van der Waals surface area (Å²) in [6, 6.07) is 5.61. The predicted octanol–water partition coefficient (Wildman–Crippen LogP) is 5.01. The first-order chi connectivity index (χ1) is 13.4. The van der Waals surface area contributed by atoms with Gasteiger partial charge in [-0.2, -0.15) is 0 Å². The number of pyridine rings is 1. The molecule has 1 aromatic rings. The number of carbonyl (C=O) groups is 2. The van der Waals surface area contributed by atoms with Crippen molar-refractivity contribution >= 4 is 18.0 Å². The van der Waals surface area contributed by atoms with E-state index in [-0.39, 0.29) is 6.09 Å². The maximum Gasteiger partial charge on any atom is 0.413 e. The fourth-order valence-electron chi connectivity index (χ4n) is 3.18. The van der Waals surface area contributed by atoms with Gasteiger partial charge in [-0.25, -0.2) is 14.6 Å². The van der Waals surface area contributed by atoms with E-state index in [9.17, 15) is 9.59 Å². The largest absolute Gasteiger partial charge is 0.444 e. The SMILES string of the molecule is CC(C)(C)OC(=O)Nc1cccc(CCC2CCN(C(=O)OC(C)(C)C)CC2)n1. The van der Waals surface area contributed by atoms with Crippen molar-refractivity contribution < 1.29 is 19.1 Å². The van der Waals surface area contributed by atoms with E-state index in [2.05, 4.69) is 10.3 Å². The van der Waals surface area contributed by atoms with E-state index in [0.29, 0.717) is 11.7 Å². The molecule has 162 valence electrons. The van der Waals surface area contributed by atoms with Crippen molar-refractivity contribution in [1.82, 2.24) is 9.88 Å². The average Bonchev–Trinajstić information content (AvgIpc) is 2.57. The van der Waals surface area contributed by atoms with E-state index < -0.39 is 17.3 Å². The van der Waals surface area contributed by atoms with Crippen LogP contribution in [0.2, 0.25) is 0 Å². The Morgan fingerprint density at radius 1 is 1.07 bits per heavy atom. The first-order valence-corrected chi connectivity index (χ1v) is 10.4. The number of aromatic nitrogens is 1. The zero-order valence-corrected chi connectivity index (χ0v) is 18.6. The van der Waals surface area contributed by atoms with Crippen LogP contribution in [0.4, 0.5) is 15.4 Å². The summed E-state index contributed by atoms with van der Waals surface area (Å²) < 4.78 is 10.7. The molecule has 2 rings (SSSR count). The Morgan fingerprint density at radius 2 is 1.69 bits per heavy atom. The lowest BCUT2D eigenvalue weighted by Crippen LogP contribution is -2.41. The highest BCUT2D eigenvalue weighted by Crippen LogP contribution is 2.24. The number of nitrogens with one attached hydrogen (secondary N) is 1. The molecule has 0 aliphatic carbocycles. The minimum Gasteiger partial charge on any atom is -0.444 e. The van der Waals surface area contributed by atoms with Gasteiger partial charge in [0.15, 0.2) is 0 Å². The molecule has 1 aliphatic heterocycles. The first kappa shape index (κ1) is 23.0. The smallest absolute Gasteiger partial charge is 0.413 e. The lowest BCUT2D eigenvalue weighted by atomic mass is 9.91. The molecule has 0 saturated carbocycles. The summed E-state index contributed by atoms with van der Waals surface area (Å²) in [6.45, 7) is 12.6. The van der Waals surface area contributed by atoms with Gasteiger partial charge in [-0.1, -0.05) is 6.07 Å². The average molecular weight is 406 g/mol. The van der Waals surface area contributed by atoms with Crippen molar-refractivity contribution in [3.8, 4) is 0 Å². The third-order valence-electron chi connectivity index (χ3n) is 4.51. The molecule has 1 fully saturated rings. The number of hydrogen-bond donors (Lipinski definition) is 1. The molecule has 0 atom stereocenters. The van der Waals surface area contributed by atoms with Gasteiger partial charge in [-0.15, -0.1) is 0 Å². The third kappa shape index (κ3) is 8.71. The molecule has 0 unspecified atom stereocenters.